The number of benzene rings is 2. The fourth-order valence-electron chi connectivity index (χ4n) is 3.28. The number of nitrogens with one attached hydrogen (secondary N) is 1. The first-order valence-electron chi connectivity index (χ1n) is 9.37. The Morgan fingerprint density at radius 2 is 1.83 bits per heavy atom. The molecule has 1 atom stereocenters. The number of fused-ring (bicyclic) bond motifs is 1. The molecule has 8 heteroatoms. The molecule has 0 saturated heterocycles. The van der Waals surface area contributed by atoms with Crippen LogP contribution in [0.4, 0.5) is 5.69 Å². The van der Waals surface area contributed by atoms with E-state index in [1.54, 1.807) is 12.1 Å². The highest BCUT2D eigenvalue weighted by atomic mass is 32.2. The molecule has 1 unspecified atom stereocenters. The van der Waals surface area contributed by atoms with Crippen molar-refractivity contribution in [3.8, 4) is 11.5 Å². The Morgan fingerprint density at radius 1 is 1.14 bits per heavy atom. The smallest absolute Gasteiger partial charge is 0.263 e. The summed E-state index contributed by atoms with van der Waals surface area (Å²) in [7, 11) is -3.54. The van der Waals surface area contributed by atoms with Crippen LogP contribution >= 0.6 is 0 Å². The summed E-state index contributed by atoms with van der Waals surface area (Å²) in [4.78, 5) is 12.6. The van der Waals surface area contributed by atoms with E-state index < -0.39 is 16.1 Å². The monoisotopic (exact) mass is 418 g/mol. The molecule has 1 heterocycles. The number of hydrogen-bond donors (Lipinski definition) is 1. The van der Waals surface area contributed by atoms with Gasteiger partial charge in [0.05, 0.1) is 25.0 Å². The van der Waals surface area contributed by atoms with Crippen LogP contribution in [0.3, 0.4) is 0 Å². The number of ether oxygens (including phenoxy) is 2. The first-order valence-corrected chi connectivity index (χ1v) is 11.2. The average molecular weight is 419 g/mol. The van der Waals surface area contributed by atoms with Crippen molar-refractivity contribution in [3.63, 3.8) is 0 Å². The Morgan fingerprint density at radius 3 is 2.48 bits per heavy atom. The van der Waals surface area contributed by atoms with Gasteiger partial charge >= 0.3 is 0 Å². The average Bonchev–Trinajstić information content (AvgIpc) is 2.62. The van der Waals surface area contributed by atoms with Crippen LogP contribution in [0.25, 0.3) is 0 Å². The van der Waals surface area contributed by atoms with Gasteiger partial charge in [0, 0.05) is 0 Å². The fourth-order valence-corrected chi connectivity index (χ4v) is 4.20. The van der Waals surface area contributed by atoms with Crippen LogP contribution in [0.5, 0.6) is 11.5 Å². The molecule has 3 rings (SSSR count). The third-order valence-corrected chi connectivity index (χ3v) is 5.69. The Bertz CT molecular complexity index is 999. The zero-order valence-corrected chi connectivity index (χ0v) is 17.9. The lowest BCUT2D eigenvalue weighted by atomic mass is 10.1. The van der Waals surface area contributed by atoms with Crippen LogP contribution in [0.2, 0.25) is 0 Å². The van der Waals surface area contributed by atoms with Crippen molar-refractivity contribution in [2.75, 3.05) is 30.3 Å². The third-order valence-electron chi connectivity index (χ3n) is 4.54. The number of rotatable bonds is 6. The van der Waals surface area contributed by atoms with Crippen molar-refractivity contribution >= 4 is 21.6 Å². The summed E-state index contributed by atoms with van der Waals surface area (Å²) in [6, 6.07) is 11.2. The lowest BCUT2D eigenvalue weighted by Gasteiger charge is -2.34. The summed E-state index contributed by atoms with van der Waals surface area (Å²) in [5.74, 6) is 0.751. The van der Waals surface area contributed by atoms with Gasteiger partial charge in [-0.05, 0) is 61.7 Å². The summed E-state index contributed by atoms with van der Waals surface area (Å²) < 4.78 is 37.1. The SMILES string of the molecule is Cc1cc(C)cc(OCCNC(=O)C2CN(S(C)(=O)=O)c3ccc(C)cc3O2)c1. The number of nitrogens with zero attached hydrogens (tertiary/aromatic N) is 1. The molecule has 0 aliphatic carbocycles. The minimum absolute atomic E-state index is 0.0708. The highest BCUT2D eigenvalue weighted by Gasteiger charge is 2.34. The molecule has 0 aromatic heterocycles. The van der Waals surface area contributed by atoms with Crippen LogP contribution in [0, 0.1) is 20.8 Å². The number of anilines is 1. The predicted octanol–water partition coefficient (Wildman–Crippen LogP) is 2.33. The van der Waals surface area contributed by atoms with E-state index in [1.807, 2.05) is 39.0 Å². The molecule has 2 aromatic rings. The van der Waals surface area contributed by atoms with Gasteiger partial charge in [-0.1, -0.05) is 12.1 Å². The summed E-state index contributed by atoms with van der Waals surface area (Å²) in [6.45, 7) is 6.38. The maximum Gasteiger partial charge on any atom is 0.263 e. The van der Waals surface area contributed by atoms with Crippen molar-refractivity contribution in [1.29, 1.82) is 0 Å². The number of carbonyl (C=O) groups excluding carboxylic acids is 1. The van der Waals surface area contributed by atoms with Gasteiger partial charge < -0.3 is 14.8 Å². The van der Waals surface area contributed by atoms with Crippen molar-refractivity contribution in [3.05, 3.63) is 53.1 Å². The van der Waals surface area contributed by atoms with E-state index in [1.165, 1.54) is 4.31 Å². The molecule has 29 heavy (non-hydrogen) atoms. The second kappa shape index (κ2) is 8.32. The highest BCUT2D eigenvalue weighted by Crippen LogP contribution is 2.35. The number of hydrogen-bond acceptors (Lipinski definition) is 5. The van der Waals surface area contributed by atoms with E-state index in [4.69, 9.17) is 9.47 Å². The fraction of sp³-hybridized carbons (Fsp3) is 0.381. The molecular weight excluding hydrogens is 392 g/mol. The van der Waals surface area contributed by atoms with E-state index in [2.05, 4.69) is 11.4 Å². The molecule has 1 aliphatic heterocycles. The first kappa shape index (κ1) is 21.0. The molecule has 7 nitrogen and oxygen atoms in total. The van der Waals surface area contributed by atoms with Gasteiger partial charge in [-0.3, -0.25) is 9.10 Å². The van der Waals surface area contributed by atoms with E-state index in [9.17, 15) is 13.2 Å². The molecule has 0 fully saturated rings. The number of aryl methyl sites for hydroxylation is 3. The molecule has 2 aromatic carbocycles. The van der Waals surface area contributed by atoms with E-state index in [-0.39, 0.29) is 19.0 Å². The van der Waals surface area contributed by atoms with Gasteiger partial charge in [-0.25, -0.2) is 8.42 Å². The molecule has 1 aliphatic rings. The van der Waals surface area contributed by atoms with Crippen LogP contribution in [0.15, 0.2) is 36.4 Å². The van der Waals surface area contributed by atoms with Crippen molar-refractivity contribution < 1.29 is 22.7 Å². The van der Waals surface area contributed by atoms with Crippen molar-refractivity contribution in [2.24, 2.45) is 0 Å². The molecule has 0 bridgehead atoms. The standard InChI is InChI=1S/C21H26N2O5S/c1-14-5-6-18-19(12-14)28-20(13-23(18)29(4,25)26)21(24)22-7-8-27-17-10-15(2)9-16(3)11-17/h5-6,9-12,20H,7-8,13H2,1-4H3,(H,22,24). The van der Waals surface area contributed by atoms with Gasteiger partial charge in [0.15, 0.2) is 6.10 Å². The van der Waals surface area contributed by atoms with E-state index in [0.717, 1.165) is 28.7 Å². The summed E-state index contributed by atoms with van der Waals surface area (Å²) in [5.41, 5.74) is 3.57. The quantitative estimate of drug-likeness (QED) is 0.728. The largest absolute Gasteiger partial charge is 0.492 e. The molecule has 0 saturated carbocycles. The molecule has 156 valence electrons. The Balaban J connectivity index is 1.62. The van der Waals surface area contributed by atoms with Crippen LogP contribution in [-0.4, -0.2) is 46.4 Å². The minimum atomic E-state index is -3.54. The Hall–Kier alpha value is -2.74. The summed E-state index contributed by atoms with van der Waals surface area (Å²) in [5, 5.41) is 2.76. The van der Waals surface area contributed by atoms with Gasteiger partial charge in [0.2, 0.25) is 10.0 Å². The number of sulfonamides is 1. The van der Waals surface area contributed by atoms with E-state index >= 15 is 0 Å². The third kappa shape index (κ3) is 5.20. The van der Waals surface area contributed by atoms with Gasteiger partial charge in [-0.2, -0.15) is 0 Å². The predicted molar refractivity (Wildman–Crippen MR) is 112 cm³/mol. The zero-order chi connectivity index (χ0) is 21.2. The minimum Gasteiger partial charge on any atom is -0.492 e. The second-order valence-corrected chi connectivity index (χ2v) is 9.24. The maximum absolute atomic E-state index is 12.6. The van der Waals surface area contributed by atoms with Gasteiger partial charge in [-0.15, -0.1) is 0 Å². The highest BCUT2D eigenvalue weighted by molar-refractivity contribution is 7.92. The van der Waals surface area contributed by atoms with Crippen molar-refractivity contribution in [2.45, 2.75) is 26.9 Å². The van der Waals surface area contributed by atoms with Crippen LogP contribution < -0.4 is 19.1 Å². The topological polar surface area (TPSA) is 84.9 Å². The van der Waals surface area contributed by atoms with Crippen LogP contribution in [-0.2, 0) is 14.8 Å². The van der Waals surface area contributed by atoms with Crippen LogP contribution in [0.1, 0.15) is 16.7 Å². The van der Waals surface area contributed by atoms with Crippen molar-refractivity contribution in [1.82, 2.24) is 5.32 Å². The first-order chi connectivity index (χ1) is 13.6. The summed E-state index contributed by atoms with van der Waals surface area (Å²) >= 11 is 0. The Labute approximate surface area is 171 Å². The Kier molecular flexibility index (Phi) is 6.02. The lowest BCUT2D eigenvalue weighted by molar-refractivity contribution is -0.127. The second-order valence-electron chi connectivity index (χ2n) is 7.33. The number of carbonyl (C=O) groups is 1. The molecular formula is C21H26N2O5S. The van der Waals surface area contributed by atoms with Gasteiger partial charge in [0.1, 0.15) is 18.1 Å². The lowest BCUT2D eigenvalue weighted by Crippen LogP contribution is -2.51. The maximum atomic E-state index is 12.6. The molecule has 1 amide bonds. The molecule has 0 spiro atoms. The summed E-state index contributed by atoms with van der Waals surface area (Å²) in [6.07, 6.45) is 0.189. The number of amides is 1. The molecule has 1 N–H and O–H groups in total. The molecule has 0 radical (unpaired) electrons. The zero-order valence-electron chi connectivity index (χ0n) is 17.1. The van der Waals surface area contributed by atoms with Gasteiger partial charge in [0.25, 0.3) is 5.91 Å². The normalized spacial score (nSPS) is 16.0. The van der Waals surface area contributed by atoms with E-state index in [0.29, 0.717) is 18.0 Å².